The molecule has 130 valence electrons. The highest BCUT2D eigenvalue weighted by Crippen LogP contribution is 2.29. The Morgan fingerprint density at radius 3 is 2.69 bits per heavy atom. The van der Waals surface area contributed by atoms with Gasteiger partial charge in [0.1, 0.15) is 11.3 Å². The molecule has 2 aromatic heterocycles. The number of anilines is 1. The monoisotopic (exact) mass is 372 g/mol. The average Bonchev–Trinajstić information content (AvgIpc) is 3.00. The Hall–Kier alpha value is -3.20. The van der Waals surface area contributed by atoms with E-state index in [1.807, 2.05) is 0 Å². The van der Waals surface area contributed by atoms with Crippen LogP contribution in [-0.2, 0) is 7.05 Å². The number of fused-ring (bicyclic) bond motifs is 2. The lowest BCUT2D eigenvalue weighted by molar-refractivity contribution is 0.102. The van der Waals surface area contributed by atoms with Crippen LogP contribution < -0.4 is 10.9 Å². The average molecular weight is 372 g/mol. The van der Waals surface area contributed by atoms with E-state index in [9.17, 15) is 18.4 Å². The number of nitrogens with zero attached hydrogens (tertiary/aromatic N) is 3. The molecule has 0 atom stereocenters. The van der Waals surface area contributed by atoms with Gasteiger partial charge >= 0.3 is 0 Å². The Morgan fingerprint density at radius 1 is 1.19 bits per heavy atom. The molecule has 2 heterocycles. The van der Waals surface area contributed by atoms with Crippen LogP contribution in [0.3, 0.4) is 0 Å². The molecule has 4 aromatic rings. The summed E-state index contributed by atoms with van der Waals surface area (Å²) in [5.74, 6) is -2.12. The number of carbonyl (C=O) groups is 1. The molecule has 0 aliphatic carbocycles. The van der Waals surface area contributed by atoms with Crippen molar-refractivity contribution in [1.82, 2.24) is 14.8 Å². The quantitative estimate of drug-likeness (QED) is 0.587. The van der Waals surface area contributed by atoms with E-state index in [0.29, 0.717) is 10.8 Å². The smallest absolute Gasteiger partial charge is 0.278 e. The molecule has 2 aromatic carbocycles. The Balaban J connectivity index is 1.78. The number of thiazole rings is 1. The number of amides is 1. The summed E-state index contributed by atoms with van der Waals surface area (Å²) >= 11 is 0.942. The second kappa shape index (κ2) is 5.95. The Morgan fingerprint density at radius 2 is 1.92 bits per heavy atom. The van der Waals surface area contributed by atoms with Gasteiger partial charge in [0.05, 0.1) is 10.1 Å². The van der Waals surface area contributed by atoms with Crippen molar-refractivity contribution in [3.63, 3.8) is 0 Å². The molecule has 0 fully saturated rings. The van der Waals surface area contributed by atoms with Crippen molar-refractivity contribution in [3.05, 3.63) is 64.1 Å². The molecule has 0 aliphatic rings. The highest BCUT2D eigenvalue weighted by atomic mass is 32.1. The molecule has 4 rings (SSSR count). The third-order valence-electron chi connectivity index (χ3n) is 3.81. The fraction of sp³-hybridized carbons (Fsp3) is 0.0588. The predicted molar refractivity (Wildman–Crippen MR) is 94.5 cm³/mol. The highest BCUT2D eigenvalue weighted by Gasteiger charge is 2.18. The molecule has 0 radical (unpaired) electrons. The van der Waals surface area contributed by atoms with Gasteiger partial charge in [-0.05, 0) is 12.1 Å². The van der Waals surface area contributed by atoms with E-state index in [0.717, 1.165) is 28.2 Å². The lowest BCUT2D eigenvalue weighted by Gasteiger charge is -2.07. The number of aryl methyl sites for hydroxylation is 1. The van der Waals surface area contributed by atoms with Crippen LogP contribution in [0.5, 0.6) is 0 Å². The third kappa shape index (κ3) is 2.62. The molecule has 26 heavy (non-hydrogen) atoms. The molecule has 1 N–H and O–H groups in total. The van der Waals surface area contributed by atoms with Crippen LogP contribution in [0.2, 0.25) is 0 Å². The normalized spacial score (nSPS) is 11.2. The largest absolute Gasteiger partial charge is 0.296 e. The number of benzene rings is 2. The number of nitrogens with one attached hydrogen (secondary N) is 1. The third-order valence-corrected chi connectivity index (χ3v) is 4.72. The van der Waals surface area contributed by atoms with Gasteiger partial charge in [-0.15, -0.1) is 0 Å². The fourth-order valence-corrected chi connectivity index (χ4v) is 3.53. The van der Waals surface area contributed by atoms with E-state index in [-0.39, 0.29) is 26.6 Å². The molecule has 0 saturated carbocycles. The molecule has 6 nitrogen and oxygen atoms in total. The summed E-state index contributed by atoms with van der Waals surface area (Å²) in [4.78, 5) is 28.7. The Kier molecular flexibility index (Phi) is 3.73. The van der Waals surface area contributed by atoms with Gasteiger partial charge in [-0.25, -0.2) is 18.4 Å². The molecular weight excluding hydrogens is 362 g/mol. The zero-order valence-electron chi connectivity index (χ0n) is 13.3. The zero-order valence-corrected chi connectivity index (χ0v) is 14.1. The Bertz CT molecular complexity index is 1250. The molecule has 0 aliphatic heterocycles. The Labute approximate surface area is 148 Å². The van der Waals surface area contributed by atoms with E-state index in [1.165, 1.54) is 7.05 Å². The fourth-order valence-electron chi connectivity index (χ4n) is 2.63. The van der Waals surface area contributed by atoms with Crippen LogP contribution in [0.15, 0.2) is 41.2 Å². The molecule has 0 bridgehead atoms. The number of hydrogen-bond acceptors (Lipinski definition) is 5. The molecule has 0 unspecified atom stereocenters. The molecule has 0 saturated heterocycles. The highest BCUT2D eigenvalue weighted by molar-refractivity contribution is 7.22. The van der Waals surface area contributed by atoms with Crippen molar-refractivity contribution in [1.29, 1.82) is 0 Å². The molecule has 0 spiro atoms. The van der Waals surface area contributed by atoms with E-state index >= 15 is 0 Å². The number of rotatable bonds is 2. The summed E-state index contributed by atoms with van der Waals surface area (Å²) in [5.41, 5.74) is -0.312. The first kappa shape index (κ1) is 16.3. The number of hydrogen-bond donors (Lipinski definition) is 1. The minimum atomic E-state index is -0.803. The second-order valence-corrected chi connectivity index (χ2v) is 6.56. The summed E-state index contributed by atoms with van der Waals surface area (Å²) in [7, 11) is 1.45. The molecule has 1 amide bonds. The van der Waals surface area contributed by atoms with Crippen LogP contribution in [-0.4, -0.2) is 20.7 Å². The van der Waals surface area contributed by atoms with Crippen molar-refractivity contribution < 1.29 is 13.6 Å². The molecular formula is C17H10F2N4O2S. The van der Waals surface area contributed by atoms with Crippen molar-refractivity contribution >= 4 is 43.4 Å². The first-order valence-electron chi connectivity index (χ1n) is 7.47. The minimum absolute atomic E-state index is 0.0232. The maximum Gasteiger partial charge on any atom is 0.278 e. The van der Waals surface area contributed by atoms with E-state index < -0.39 is 17.5 Å². The van der Waals surface area contributed by atoms with Crippen molar-refractivity contribution in [2.75, 3.05) is 5.32 Å². The van der Waals surface area contributed by atoms with Gasteiger partial charge in [0.25, 0.3) is 11.5 Å². The number of carbonyl (C=O) groups excluding carboxylic acids is 1. The second-order valence-electron chi connectivity index (χ2n) is 5.53. The van der Waals surface area contributed by atoms with Gasteiger partial charge in [0.15, 0.2) is 16.6 Å². The summed E-state index contributed by atoms with van der Waals surface area (Å²) in [6, 6.07) is 8.48. The van der Waals surface area contributed by atoms with Crippen molar-refractivity contribution in [2.24, 2.45) is 7.05 Å². The van der Waals surface area contributed by atoms with Gasteiger partial charge in [0, 0.05) is 18.5 Å². The first-order chi connectivity index (χ1) is 12.4. The van der Waals surface area contributed by atoms with E-state index in [1.54, 1.807) is 24.3 Å². The first-order valence-corrected chi connectivity index (χ1v) is 8.28. The minimum Gasteiger partial charge on any atom is -0.296 e. The van der Waals surface area contributed by atoms with Crippen LogP contribution in [0.25, 0.3) is 21.0 Å². The van der Waals surface area contributed by atoms with Crippen molar-refractivity contribution in [2.45, 2.75) is 0 Å². The van der Waals surface area contributed by atoms with Crippen LogP contribution in [0.4, 0.5) is 13.9 Å². The van der Waals surface area contributed by atoms with Crippen LogP contribution in [0, 0.1) is 11.6 Å². The van der Waals surface area contributed by atoms with Gasteiger partial charge in [-0.1, -0.05) is 29.5 Å². The topological polar surface area (TPSA) is 76.9 Å². The van der Waals surface area contributed by atoms with Crippen LogP contribution >= 0.6 is 11.3 Å². The van der Waals surface area contributed by atoms with Crippen molar-refractivity contribution in [3.8, 4) is 0 Å². The lowest BCUT2D eigenvalue weighted by atomic mass is 10.1. The lowest BCUT2D eigenvalue weighted by Crippen LogP contribution is -2.25. The summed E-state index contributed by atoms with van der Waals surface area (Å²) in [5, 5.41) is 7.41. The van der Waals surface area contributed by atoms with Gasteiger partial charge in [0.2, 0.25) is 0 Å². The molecule has 9 heteroatoms. The van der Waals surface area contributed by atoms with Gasteiger partial charge in [-0.2, -0.15) is 5.10 Å². The SMILES string of the molecule is Cn1nc(C(=O)Nc2nc3c(F)cc(F)cc3s2)c2ccccc2c1=O. The summed E-state index contributed by atoms with van der Waals surface area (Å²) in [6.07, 6.45) is 0. The maximum atomic E-state index is 13.8. The number of aromatic nitrogens is 3. The maximum absolute atomic E-state index is 13.8. The van der Waals surface area contributed by atoms with E-state index in [4.69, 9.17) is 0 Å². The zero-order chi connectivity index (χ0) is 18.4. The van der Waals surface area contributed by atoms with E-state index in [2.05, 4.69) is 15.4 Å². The number of halogens is 2. The van der Waals surface area contributed by atoms with Gasteiger partial charge in [-0.3, -0.25) is 14.9 Å². The predicted octanol–water partition coefficient (Wildman–Crippen LogP) is 3.07. The standard InChI is InChI=1S/C17H10F2N4O2S/c1-23-16(25)10-5-3-2-4-9(10)13(22-23)15(24)21-17-20-14-11(19)6-8(18)7-12(14)26-17/h2-7H,1H3,(H,20,21,24). The summed E-state index contributed by atoms with van der Waals surface area (Å²) in [6.45, 7) is 0. The van der Waals surface area contributed by atoms with Crippen LogP contribution in [0.1, 0.15) is 10.5 Å². The summed E-state index contributed by atoms with van der Waals surface area (Å²) < 4.78 is 28.4. The van der Waals surface area contributed by atoms with Gasteiger partial charge < -0.3 is 0 Å².